The monoisotopic (exact) mass is 446 g/mol. The fraction of sp³-hybridized carbons (Fsp3) is 0.952. The van der Waals surface area contributed by atoms with Crippen molar-refractivity contribution in [3.63, 3.8) is 0 Å². The van der Waals surface area contributed by atoms with Crippen LogP contribution in [0.15, 0.2) is 0 Å². The standard InChI is InChI=1S/C21H38N2O6S/c1-7-8-12-9-13(23(5)10-12)19(26)22-14(11(2)24)16-18-17(28-21(3,4)29-18)15(25)20(27-16)30-6/h11-18,20,24-25H,7-10H2,1-6H3,(H,22,26)/t11-,12+,13-,14-,15+,16-,17+,18+,20-/m1/s1. The molecule has 3 N–H and O–H groups in total. The Bertz CT molecular complexity index is 606. The molecule has 9 atom stereocenters. The lowest BCUT2D eigenvalue weighted by Crippen LogP contribution is -2.65. The number of carbonyl (C=O) groups excluding carboxylic acids is 1. The number of ether oxygens (including phenoxy) is 3. The first kappa shape index (κ1) is 24.2. The SMILES string of the molecule is CCC[C@H]1C[C@H](C(=O)N[C@@H]([C@H]2O[C@H](SC)[C@@H](O)[C@@H]3OC(C)(C)O[C@@H]23)[C@@H](C)O)N(C)C1. The van der Waals surface area contributed by atoms with Crippen LogP contribution in [-0.2, 0) is 19.0 Å². The summed E-state index contributed by atoms with van der Waals surface area (Å²) in [5.74, 6) is -0.469. The van der Waals surface area contributed by atoms with Gasteiger partial charge < -0.3 is 29.7 Å². The van der Waals surface area contributed by atoms with Crippen molar-refractivity contribution >= 4 is 17.7 Å². The Balaban J connectivity index is 1.77. The zero-order valence-electron chi connectivity index (χ0n) is 18.9. The Morgan fingerprint density at radius 2 is 2.00 bits per heavy atom. The number of hydrogen-bond acceptors (Lipinski definition) is 8. The van der Waals surface area contributed by atoms with Gasteiger partial charge in [-0.15, -0.1) is 11.8 Å². The maximum Gasteiger partial charge on any atom is 0.237 e. The minimum absolute atomic E-state index is 0.104. The molecule has 3 heterocycles. The smallest absolute Gasteiger partial charge is 0.237 e. The predicted molar refractivity (Wildman–Crippen MR) is 115 cm³/mol. The highest BCUT2D eigenvalue weighted by Gasteiger charge is 2.57. The number of amides is 1. The van der Waals surface area contributed by atoms with Gasteiger partial charge in [-0.05, 0) is 52.8 Å². The van der Waals surface area contributed by atoms with Crippen molar-refractivity contribution in [2.45, 2.75) is 101 Å². The van der Waals surface area contributed by atoms with Gasteiger partial charge >= 0.3 is 0 Å². The number of nitrogens with one attached hydrogen (secondary N) is 1. The van der Waals surface area contributed by atoms with Gasteiger partial charge in [0.15, 0.2) is 5.79 Å². The molecular formula is C21H38N2O6S. The molecule has 3 aliphatic rings. The van der Waals surface area contributed by atoms with Crippen LogP contribution >= 0.6 is 11.8 Å². The largest absolute Gasteiger partial charge is 0.391 e. The highest BCUT2D eigenvalue weighted by atomic mass is 32.2. The van der Waals surface area contributed by atoms with Crippen LogP contribution in [0.1, 0.15) is 47.0 Å². The number of likely N-dealkylation sites (N-methyl/N-ethyl adjacent to an activating group) is 1. The van der Waals surface area contributed by atoms with Crippen molar-refractivity contribution in [2.24, 2.45) is 5.92 Å². The van der Waals surface area contributed by atoms with E-state index in [1.165, 1.54) is 11.8 Å². The molecule has 9 heteroatoms. The minimum atomic E-state index is -0.877. The van der Waals surface area contributed by atoms with Gasteiger partial charge in [-0.3, -0.25) is 9.69 Å². The van der Waals surface area contributed by atoms with Crippen molar-refractivity contribution in [2.75, 3.05) is 19.8 Å². The van der Waals surface area contributed by atoms with E-state index in [0.717, 1.165) is 25.8 Å². The average molecular weight is 447 g/mol. The summed E-state index contributed by atoms with van der Waals surface area (Å²) >= 11 is 1.38. The summed E-state index contributed by atoms with van der Waals surface area (Å²) < 4.78 is 18.1. The van der Waals surface area contributed by atoms with E-state index in [1.54, 1.807) is 20.8 Å². The first-order valence-electron chi connectivity index (χ1n) is 11.0. The van der Waals surface area contributed by atoms with E-state index in [0.29, 0.717) is 5.92 Å². The molecule has 3 saturated heterocycles. The van der Waals surface area contributed by atoms with Crippen molar-refractivity contribution in [1.82, 2.24) is 10.2 Å². The third-order valence-corrected chi connectivity index (χ3v) is 7.30. The Morgan fingerprint density at radius 1 is 1.33 bits per heavy atom. The molecule has 30 heavy (non-hydrogen) atoms. The van der Waals surface area contributed by atoms with Gasteiger partial charge in [0.25, 0.3) is 0 Å². The molecule has 0 aromatic carbocycles. The summed E-state index contributed by atoms with van der Waals surface area (Å²) in [5, 5.41) is 24.3. The van der Waals surface area contributed by atoms with Crippen LogP contribution in [0, 0.1) is 5.92 Å². The molecule has 0 aromatic rings. The van der Waals surface area contributed by atoms with E-state index in [2.05, 4.69) is 17.1 Å². The molecule has 0 unspecified atom stereocenters. The number of likely N-dealkylation sites (tertiary alicyclic amines) is 1. The Hall–Kier alpha value is -0.420. The third-order valence-electron chi connectivity index (χ3n) is 6.44. The molecule has 3 rings (SSSR count). The number of hydrogen-bond donors (Lipinski definition) is 3. The van der Waals surface area contributed by atoms with Crippen LogP contribution in [-0.4, -0.2) is 94.7 Å². The normalized spacial score (nSPS) is 40.7. The number of carbonyl (C=O) groups is 1. The molecule has 0 aliphatic carbocycles. The lowest BCUT2D eigenvalue weighted by Gasteiger charge is -2.43. The van der Waals surface area contributed by atoms with Crippen molar-refractivity contribution in [3.8, 4) is 0 Å². The van der Waals surface area contributed by atoms with E-state index < -0.39 is 47.8 Å². The van der Waals surface area contributed by atoms with Crippen LogP contribution in [0.4, 0.5) is 0 Å². The molecular weight excluding hydrogens is 408 g/mol. The second-order valence-electron chi connectivity index (χ2n) is 9.38. The molecule has 174 valence electrons. The lowest BCUT2D eigenvalue weighted by molar-refractivity contribution is -0.177. The number of thioether (sulfide) groups is 1. The molecule has 0 saturated carbocycles. The third kappa shape index (κ3) is 4.98. The lowest BCUT2D eigenvalue weighted by atomic mass is 9.92. The van der Waals surface area contributed by atoms with Gasteiger partial charge in [0.05, 0.1) is 18.2 Å². The number of fused-ring (bicyclic) bond motifs is 1. The van der Waals surface area contributed by atoms with Crippen LogP contribution < -0.4 is 5.32 Å². The minimum Gasteiger partial charge on any atom is -0.391 e. The van der Waals surface area contributed by atoms with E-state index in [-0.39, 0.29) is 11.9 Å². The molecule has 1 amide bonds. The van der Waals surface area contributed by atoms with Crippen LogP contribution in [0.2, 0.25) is 0 Å². The second kappa shape index (κ2) is 9.60. The van der Waals surface area contributed by atoms with Gasteiger partial charge in [-0.2, -0.15) is 0 Å². The molecule has 3 fully saturated rings. The summed E-state index contributed by atoms with van der Waals surface area (Å²) in [6, 6.07) is -0.899. The van der Waals surface area contributed by atoms with E-state index in [1.807, 2.05) is 13.3 Å². The zero-order valence-corrected chi connectivity index (χ0v) is 19.7. The fourth-order valence-corrected chi connectivity index (χ4v) is 5.73. The Labute approximate surface area is 184 Å². The summed E-state index contributed by atoms with van der Waals surface area (Å²) in [6.45, 7) is 8.29. The van der Waals surface area contributed by atoms with Crippen molar-refractivity contribution in [1.29, 1.82) is 0 Å². The van der Waals surface area contributed by atoms with Gasteiger partial charge in [0, 0.05) is 6.54 Å². The first-order chi connectivity index (χ1) is 14.1. The molecule has 0 aromatic heterocycles. The topological polar surface area (TPSA) is 100 Å². The average Bonchev–Trinajstić information content (AvgIpc) is 3.19. The second-order valence-corrected chi connectivity index (χ2v) is 10.3. The number of nitrogens with zero attached hydrogens (tertiary/aromatic N) is 1. The predicted octanol–water partition coefficient (Wildman–Crippen LogP) is 0.941. The van der Waals surface area contributed by atoms with Crippen molar-refractivity contribution < 1.29 is 29.2 Å². The van der Waals surface area contributed by atoms with Gasteiger partial charge in [-0.25, -0.2) is 0 Å². The first-order valence-corrected chi connectivity index (χ1v) is 12.3. The van der Waals surface area contributed by atoms with Crippen LogP contribution in [0.3, 0.4) is 0 Å². The van der Waals surface area contributed by atoms with E-state index >= 15 is 0 Å². The van der Waals surface area contributed by atoms with E-state index in [4.69, 9.17) is 14.2 Å². The molecule has 0 spiro atoms. The zero-order chi connectivity index (χ0) is 22.2. The molecule has 3 aliphatic heterocycles. The Kier molecular flexibility index (Phi) is 7.75. The van der Waals surface area contributed by atoms with Crippen LogP contribution in [0.5, 0.6) is 0 Å². The summed E-state index contributed by atoms with van der Waals surface area (Å²) in [4.78, 5) is 15.2. The highest BCUT2D eigenvalue weighted by Crippen LogP contribution is 2.41. The van der Waals surface area contributed by atoms with Gasteiger partial charge in [0.1, 0.15) is 29.9 Å². The van der Waals surface area contributed by atoms with Gasteiger partial charge in [0.2, 0.25) is 5.91 Å². The van der Waals surface area contributed by atoms with E-state index in [9.17, 15) is 15.0 Å². The molecule has 0 radical (unpaired) electrons. The molecule has 0 bridgehead atoms. The highest BCUT2D eigenvalue weighted by molar-refractivity contribution is 7.99. The van der Waals surface area contributed by atoms with Gasteiger partial charge in [-0.1, -0.05) is 13.3 Å². The Morgan fingerprint density at radius 3 is 2.60 bits per heavy atom. The number of aliphatic hydroxyl groups is 2. The maximum atomic E-state index is 13.2. The van der Waals surface area contributed by atoms with Crippen molar-refractivity contribution in [3.05, 3.63) is 0 Å². The number of aliphatic hydroxyl groups excluding tert-OH is 2. The quantitative estimate of drug-likeness (QED) is 0.531. The number of rotatable bonds is 7. The summed E-state index contributed by atoms with van der Waals surface area (Å²) in [7, 11) is 1.97. The fourth-order valence-electron chi connectivity index (χ4n) is 5.05. The summed E-state index contributed by atoms with van der Waals surface area (Å²) in [5.41, 5.74) is -0.532. The summed E-state index contributed by atoms with van der Waals surface area (Å²) in [6.07, 6.45) is 1.35. The maximum absolute atomic E-state index is 13.2. The molecule has 8 nitrogen and oxygen atoms in total. The van der Waals surface area contributed by atoms with Crippen LogP contribution in [0.25, 0.3) is 0 Å².